The van der Waals surface area contributed by atoms with Gasteiger partial charge in [-0.3, -0.25) is 0 Å². The molecule has 0 spiro atoms. The topological polar surface area (TPSA) is 13.1 Å². The van der Waals surface area contributed by atoms with Crippen molar-refractivity contribution >= 4 is 51.4 Å². The first-order chi connectivity index (χ1) is 14.7. The number of benzene rings is 4. The second-order valence-corrected chi connectivity index (χ2v) is 10.1. The molecule has 0 aliphatic rings. The van der Waals surface area contributed by atoms with Gasteiger partial charge in [-0.25, -0.2) is 4.67 Å². The molecule has 0 radical (unpaired) electrons. The number of aromatic nitrogens is 2. The molecule has 0 unspecified atom stereocenters. The van der Waals surface area contributed by atoms with E-state index in [1.807, 2.05) is 0 Å². The summed E-state index contributed by atoms with van der Waals surface area (Å²) in [6.45, 7) is 6.59. The molecule has 3 nitrogen and oxygen atoms in total. The van der Waals surface area contributed by atoms with E-state index >= 15 is 0 Å². The van der Waals surface area contributed by atoms with Crippen molar-refractivity contribution in [3.8, 4) is 0 Å². The van der Waals surface area contributed by atoms with Crippen LogP contribution in [-0.2, 0) is 14.1 Å². The highest BCUT2D eigenvalue weighted by atomic mass is 31.1. The fraction of sp³-hybridized carbons (Fsp3) is 0.231. The first-order valence-electron chi connectivity index (χ1n) is 10.7. The number of fused-ring (bicyclic) bond motifs is 7. The summed E-state index contributed by atoms with van der Waals surface area (Å²) < 4.78 is 7.61. The van der Waals surface area contributed by atoms with Gasteiger partial charge in [0.05, 0.1) is 11.0 Å². The van der Waals surface area contributed by atoms with E-state index in [0.717, 1.165) is 13.1 Å². The summed E-state index contributed by atoms with van der Waals surface area (Å²) in [5.41, 5.74) is 2.63. The van der Waals surface area contributed by atoms with Gasteiger partial charge < -0.3 is 8.66 Å². The molecule has 30 heavy (non-hydrogen) atoms. The molecule has 1 aromatic heterocycles. The molecule has 152 valence electrons. The summed E-state index contributed by atoms with van der Waals surface area (Å²) >= 11 is 0. The van der Waals surface area contributed by atoms with Gasteiger partial charge in [0.2, 0.25) is 0 Å². The standard InChI is InChI=1S/C26H28N3P/c1-5-29(6-2)30-27(3)23-17-15-19-11-7-9-13-21(19)25(23)26-22-14-10-8-12-20(22)16-18-24(26)28(30)4/h7-18H,5-6H2,1-4H3. The van der Waals surface area contributed by atoms with Crippen LogP contribution in [0.3, 0.4) is 0 Å². The van der Waals surface area contributed by atoms with Crippen molar-refractivity contribution in [2.75, 3.05) is 17.8 Å². The van der Waals surface area contributed by atoms with Crippen LogP contribution in [0.2, 0.25) is 0 Å². The highest BCUT2D eigenvalue weighted by molar-refractivity contribution is 7.44. The molecule has 5 rings (SSSR count). The molecule has 0 aliphatic carbocycles. The van der Waals surface area contributed by atoms with Crippen LogP contribution >= 0.6 is 8.00 Å². The minimum absolute atomic E-state index is 0.668. The zero-order valence-electron chi connectivity index (χ0n) is 18.1. The van der Waals surface area contributed by atoms with Crippen LogP contribution in [-0.4, -0.2) is 21.7 Å². The Balaban J connectivity index is 2.19. The van der Waals surface area contributed by atoms with E-state index in [1.54, 1.807) is 0 Å². The summed E-state index contributed by atoms with van der Waals surface area (Å²) in [4.78, 5) is 0. The van der Waals surface area contributed by atoms with Crippen molar-refractivity contribution in [3.63, 3.8) is 0 Å². The molecule has 0 fully saturated rings. The molecule has 0 saturated carbocycles. The van der Waals surface area contributed by atoms with Crippen LogP contribution < -0.4 is 4.67 Å². The van der Waals surface area contributed by atoms with Gasteiger partial charge in [0, 0.05) is 38.0 Å². The van der Waals surface area contributed by atoms with E-state index in [4.69, 9.17) is 0 Å². The zero-order chi connectivity index (χ0) is 20.8. The summed E-state index contributed by atoms with van der Waals surface area (Å²) in [5, 5.41) is 7.94. The Hall–Kier alpha value is -2.74. The largest absolute Gasteiger partial charge is 0.309 e. The Morgan fingerprint density at radius 1 is 0.633 bits per heavy atom. The van der Waals surface area contributed by atoms with Crippen LogP contribution in [0.4, 0.5) is 0 Å². The summed E-state index contributed by atoms with van der Waals surface area (Å²) in [5.74, 6) is 0. The average molecular weight is 414 g/mol. The maximum absolute atomic E-state index is 2.58. The van der Waals surface area contributed by atoms with E-state index in [0.29, 0.717) is 0 Å². The van der Waals surface area contributed by atoms with E-state index in [-0.39, 0.29) is 0 Å². The molecule has 0 N–H and O–H groups in total. The minimum atomic E-state index is -0.668. The fourth-order valence-electron chi connectivity index (χ4n) is 4.83. The first kappa shape index (κ1) is 19.2. The van der Waals surface area contributed by atoms with Crippen molar-refractivity contribution in [1.29, 1.82) is 0 Å². The highest BCUT2D eigenvalue weighted by Gasteiger charge is 2.16. The van der Waals surface area contributed by atoms with Crippen LogP contribution in [0.5, 0.6) is 0 Å². The maximum atomic E-state index is 2.58. The minimum Gasteiger partial charge on any atom is -0.309 e. The van der Waals surface area contributed by atoms with E-state index in [1.165, 1.54) is 43.4 Å². The van der Waals surface area contributed by atoms with Gasteiger partial charge in [0.25, 0.3) is 0 Å². The third-order valence-electron chi connectivity index (χ3n) is 6.28. The van der Waals surface area contributed by atoms with Crippen molar-refractivity contribution < 1.29 is 0 Å². The normalized spacial score (nSPS) is 11.9. The Morgan fingerprint density at radius 3 is 1.50 bits per heavy atom. The van der Waals surface area contributed by atoms with E-state index in [9.17, 15) is 0 Å². The smallest absolute Gasteiger partial charge is 0.106 e. The first-order valence-corrected chi connectivity index (χ1v) is 11.9. The molecule has 0 amide bonds. The lowest BCUT2D eigenvalue weighted by Gasteiger charge is -2.24. The molecule has 4 heteroatoms. The number of nitrogens with zero attached hydrogens (tertiary/aromatic N) is 3. The van der Waals surface area contributed by atoms with E-state index in [2.05, 4.69) is 114 Å². The SMILES string of the molecule is CCN(CC)p1n(C)c2ccc3ccccc3c2c2c3ccccc3ccc2n1C. The maximum Gasteiger partial charge on any atom is 0.106 e. The van der Waals surface area contributed by atoms with E-state index < -0.39 is 8.00 Å². The lowest BCUT2D eigenvalue weighted by molar-refractivity contribution is 0.886. The Kier molecular flexibility index (Phi) is 4.81. The third-order valence-corrected chi connectivity index (χ3v) is 8.86. The molecule has 5 aromatic rings. The number of aryl methyl sites for hydroxylation is 2. The zero-order valence-corrected chi connectivity index (χ0v) is 19.0. The molecular formula is C26H28N3P. The van der Waals surface area contributed by atoms with Crippen LogP contribution in [0.15, 0.2) is 72.8 Å². The van der Waals surface area contributed by atoms with Gasteiger partial charge >= 0.3 is 0 Å². The predicted molar refractivity (Wildman–Crippen MR) is 134 cm³/mol. The van der Waals surface area contributed by atoms with Crippen molar-refractivity contribution in [3.05, 3.63) is 72.8 Å². The van der Waals surface area contributed by atoms with Crippen LogP contribution in [0, 0.1) is 0 Å². The Labute approximate surface area is 178 Å². The fourth-order valence-corrected chi connectivity index (χ4v) is 7.22. The van der Waals surface area contributed by atoms with Gasteiger partial charge in [-0.2, -0.15) is 0 Å². The van der Waals surface area contributed by atoms with Crippen molar-refractivity contribution in [1.82, 2.24) is 8.66 Å². The van der Waals surface area contributed by atoms with Gasteiger partial charge in [-0.05, 0) is 33.7 Å². The molecular weight excluding hydrogens is 385 g/mol. The predicted octanol–water partition coefficient (Wildman–Crippen LogP) is 7.07. The monoisotopic (exact) mass is 413 g/mol. The number of rotatable bonds is 3. The molecule has 1 heterocycles. The van der Waals surface area contributed by atoms with Gasteiger partial charge in [-0.1, -0.05) is 74.5 Å². The molecule has 0 bridgehead atoms. The lowest BCUT2D eigenvalue weighted by Crippen LogP contribution is -2.23. The third kappa shape index (κ3) is 2.77. The molecule has 4 aromatic carbocycles. The second kappa shape index (κ2) is 7.50. The molecule has 0 atom stereocenters. The Morgan fingerprint density at radius 2 is 1.07 bits per heavy atom. The van der Waals surface area contributed by atoms with Crippen LogP contribution in [0.25, 0.3) is 43.4 Å². The molecule has 0 aliphatic heterocycles. The average Bonchev–Trinajstić information content (AvgIpc) is 2.89. The number of hydrogen-bond donors (Lipinski definition) is 0. The number of hydrogen-bond acceptors (Lipinski definition) is 1. The van der Waals surface area contributed by atoms with Crippen molar-refractivity contribution in [2.24, 2.45) is 14.1 Å². The summed E-state index contributed by atoms with van der Waals surface area (Å²) in [7, 11) is 3.86. The summed E-state index contributed by atoms with van der Waals surface area (Å²) in [6.07, 6.45) is 0. The summed E-state index contributed by atoms with van der Waals surface area (Å²) in [6, 6.07) is 26.8. The Bertz CT molecular complexity index is 1340. The van der Waals surface area contributed by atoms with Crippen LogP contribution in [0.1, 0.15) is 13.8 Å². The quantitative estimate of drug-likeness (QED) is 0.308. The highest BCUT2D eigenvalue weighted by Crippen LogP contribution is 2.40. The van der Waals surface area contributed by atoms with Gasteiger partial charge in [0.1, 0.15) is 8.00 Å². The van der Waals surface area contributed by atoms with Crippen molar-refractivity contribution in [2.45, 2.75) is 13.8 Å². The van der Waals surface area contributed by atoms with Gasteiger partial charge in [0.15, 0.2) is 0 Å². The van der Waals surface area contributed by atoms with Gasteiger partial charge in [-0.15, -0.1) is 0 Å². The molecule has 0 saturated heterocycles. The second-order valence-electron chi connectivity index (χ2n) is 7.82. The lowest BCUT2D eigenvalue weighted by atomic mass is 9.98.